The summed E-state index contributed by atoms with van der Waals surface area (Å²) in [6.07, 6.45) is 0.813. The number of likely N-dealkylation sites (N-methyl/N-ethyl adjacent to an activating group) is 1. The molecular weight excluding hydrogens is 262 g/mol. The van der Waals surface area contributed by atoms with Gasteiger partial charge in [-0.05, 0) is 24.5 Å². The summed E-state index contributed by atoms with van der Waals surface area (Å²) in [5.41, 5.74) is 1.93. The van der Waals surface area contributed by atoms with Crippen LogP contribution in [0.5, 0.6) is 0 Å². The Labute approximate surface area is 126 Å². The lowest BCUT2D eigenvalue weighted by Gasteiger charge is -2.19. The molecule has 0 radical (unpaired) electrons. The van der Waals surface area contributed by atoms with Gasteiger partial charge in [-0.25, -0.2) is 0 Å². The summed E-state index contributed by atoms with van der Waals surface area (Å²) in [7, 11) is 1.67. The quantitative estimate of drug-likeness (QED) is 0.857. The third-order valence-corrected chi connectivity index (χ3v) is 3.46. The Morgan fingerprint density at radius 1 is 1.19 bits per heavy atom. The number of nitrogens with one attached hydrogen (secondary N) is 2. The summed E-state index contributed by atoms with van der Waals surface area (Å²) in [5, 5.41) is 7.15. The number of rotatable bonds is 6. The van der Waals surface area contributed by atoms with Crippen molar-refractivity contribution in [3.05, 3.63) is 42.1 Å². The lowest BCUT2D eigenvalue weighted by Crippen LogP contribution is -2.43. The molecule has 112 valence electrons. The molecule has 4 nitrogen and oxygen atoms in total. The van der Waals surface area contributed by atoms with Gasteiger partial charge in [-0.2, -0.15) is 0 Å². The van der Waals surface area contributed by atoms with Crippen molar-refractivity contribution in [1.82, 2.24) is 15.6 Å². The Morgan fingerprint density at radius 2 is 1.95 bits per heavy atom. The van der Waals surface area contributed by atoms with E-state index in [4.69, 9.17) is 0 Å². The first-order chi connectivity index (χ1) is 10.1. The van der Waals surface area contributed by atoms with Gasteiger partial charge in [0.05, 0.1) is 17.3 Å². The number of para-hydroxylation sites is 1. The molecule has 4 heteroatoms. The molecule has 0 aliphatic carbocycles. The number of aromatic nitrogens is 1. The molecule has 0 spiro atoms. The molecule has 0 aliphatic rings. The van der Waals surface area contributed by atoms with Crippen LogP contribution in [0.4, 0.5) is 0 Å². The van der Waals surface area contributed by atoms with E-state index in [1.54, 1.807) is 7.05 Å². The number of pyridine rings is 1. The summed E-state index contributed by atoms with van der Waals surface area (Å²) in [5.74, 6) is 0.494. The van der Waals surface area contributed by atoms with Crippen LogP contribution in [0.15, 0.2) is 36.4 Å². The van der Waals surface area contributed by atoms with Crippen LogP contribution in [0.3, 0.4) is 0 Å². The minimum atomic E-state index is -0.178. The standard InChI is InChI=1S/C17H23N3O/c1-12(2)10-16(17(21)18-3)19-11-14-9-8-13-6-4-5-7-15(13)20-14/h4-9,12,16,19H,10-11H2,1-3H3,(H,18,21). The van der Waals surface area contributed by atoms with Crippen molar-refractivity contribution in [1.29, 1.82) is 0 Å². The molecule has 0 fully saturated rings. The Balaban J connectivity index is 2.06. The normalized spacial score (nSPS) is 12.6. The van der Waals surface area contributed by atoms with E-state index in [2.05, 4.69) is 35.5 Å². The van der Waals surface area contributed by atoms with E-state index >= 15 is 0 Å². The smallest absolute Gasteiger partial charge is 0.236 e. The maximum Gasteiger partial charge on any atom is 0.236 e. The molecular formula is C17H23N3O. The summed E-state index contributed by atoms with van der Waals surface area (Å²) in [6, 6.07) is 11.9. The highest BCUT2D eigenvalue weighted by Crippen LogP contribution is 2.12. The van der Waals surface area contributed by atoms with Crippen molar-refractivity contribution in [2.45, 2.75) is 32.9 Å². The molecule has 2 N–H and O–H groups in total. The van der Waals surface area contributed by atoms with Crippen LogP contribution in [-0.4, -0.2) is 24.0 Å². The van der Waals surface area contributed by atoms with E-state index < -0.39 is 0 Å². The van der Waals surface area contributed by atoms with Gasteiger partial charge in [-0.15, -0.1) is 0 Å². The third kappa shape index (κ3) is 4.26. The largest absolute Gasteiger partial charge is 0.358 e. The van der Waals surface area contributed by atoms with Crippen molar-refractivity contribution in [3.8, 4) is 0 Å². The van der Waals surface area contributed by atoms with Gasteiger partial charge >= 0.3 is 0 Å². The summed E-state index contributed by atoms with van der Waals surface area (Å²) in [4.78, 5) is 16.5. The van der Waals surface area contributed by atoms with Crippen LogP contribution in [0.25, 0.3) is 10.9 Å². The van der Waals surface area contributed by atoms with Gasteiger partial charge in [0.2, 0.25) is 5.91 Å². The third-order valence-electron chi connectivity index (χ3n) is 3.46. The predicted octanol–water partition coefficient (Wildman–Crippen LogP) is 2.49. The maximum absolute atomic E-state index is 11.9. The van der Waals surface area contributed by atoms with Crippen molar-refractivity contribution in [3.63, 3.8) is 0 Å². The lowest BCUT2D eigenvalue weighted by atomic mass is 10.0. The number of amides is 1. The first-order valence-electron chi connectivity index (χ1n) is 7.40. The zero-order valence-electron chi connectivity index (χ0n) is 12.9. The minimum Gasteiger partial charge on any atom is -0.358 e. The highest BCUT2D eigenvalue weighted by Gasteiger charge is 2.17. The van der Waals surface area contributed by atoms with E-state index in [0.717, 1.165) is 23.0 Å². The Bertz CT molecular complexity index is 610. The molecule has 2 rings (SSSR count). The SMILES string of the molecule is CNC(=O)C(CC(C)C)NCc1ccc2ccccc2n1. The second kappa shape index (κ2) is 7.18. The first kappa shape index (κ1) is 15.4. The zero-order valence-corrected chi connectivity index (χ0v) is 12.9. The van der Waals surface area contributed by atoms with Crippen LogP contribution < -0.4 is 10.6 Å². The Hall–Kier alpha value is -1.94. The van der Waals surface area contributed by atoms with Crippen LogP contribution >= 0.6 is 0 Å². The van der Waals surface area contributed by atoms with Gasteiger partial charge in [0.15, 0.2) is 0 Å². The molecule has 1 aromatic carbocycles. The molecule has 1 atom stereocenters. The highest BCUT2D eigenvalue weighted by molar-refractivity contribution is 5.81. The zero-order chi connectivity index (χ0) is 15.2. The number of carbonyl (C=O) groups excluding carboxylic acids is 1. The second-order valence-electron chi connectivity index (χ2n) is 5.67. The fraction of sp³-hybridized carbons (Fsp3) is 0.412. The first-order valence-corrected chi connectivity index (χ1v) is 7.40. The van der Waals surface area contributed by atoms with Crippen molar-refractivity contribution in [2.24, 2.45) is 5.92 Å². The van der Waals surface area contributed by atoms with Gasteiger partial charge in [-0.3, -0.25) is 9.78 Å². The van der Waals surface area contributed by atoms with Gasteiger partial charge in [-0.1, -0.05) is 38.1 Å². The summed E-state index contributed by atoms with van der Waals surface area (Å²) in [6.45, 7) is 4.83. The highest BCUT2D eigenvalue weighted by atomic mass is 16.2. The monoisotopic (exact) mass is 285 g/mol. The molecule has 0 saturated heterocycles. The van der Waals surface area contributed by atoms with E-state index in [-0.39, 0.29) is 11.9 Å². The summed E-state index contributed by atoms with van der Waals surface area (Å²) >= 11 is 0. The number of carbonyl (C=O) groups is 1. The van der Waals surface area contributed by atoms with E-state index in [0.29, 0.717) is 12.5 Å². The lowest BCUT2D eigenvalue weighted by molar-refractivity contribution is -0.123. The van der Waals surface area contributed by atoms with Crippen molar-refractivity contribution in [2.75, 3.05) is 7.05 Å². The molecule has 1 heterocycles. The van der Waals surface area contributed by atoms with Gasteiger partial charge in [0.1, 0.15) is 0 Å². The maximum atomic E-state index is 11.9. The van der Waals surface area contributed by atoms with Gasteiger partial charge in [0.25, 0.3) is 0 Å². The number of benzene rings is 1. The topological polar surface area (TPSA) is 54.0 Å². The number of hydrogen-bond donors (Lipinski definition) is 2. The Morgan fingerprint density at radius 3 is 2.67 bits per heavy atom. The molecule has 1 aromatic heterocycles. The number of hydrogen-bond acceptors (Lipinski definition) is 3. The molecule has 1 unspecified atom stereocenters. The number of nitrogens with zero attached hydrogens (tertiary/aromatic N) is 1. The predicted molar refractivity (Wildman–Crippen MR) is 85.9 cm³/mol. The molecule has 0 saturated carbocycles. The fourth-order valence-electron chi connectivity index (χ4n) is 2.36. The van der Waals surface area contributed by atoms with E-state index in [9.17, 15) is 4.79 Å². The second-order valence-corrected chi connectivity index (χ2v) is 5.67. The van der Waals surface area contributed by atoms with Gasteiger partial charge in [0, 0.05) is 19.0 Å². The molecule has 2 aromatic rings. The number of fused-ring (bicyclic) bond motifs is 1. The molecule has 1 amide bonds. The minimum absolute atomic E-state index is 0.0319. The summed E-state index contributed by atoms with van der Waals surface area (Å²) < 4.78 is 0. The Kier molecular flexibility index (Phi) is 5.28. The molecule has 0 bridgehead atoms. The van der Waals surface area contributed by atoms with Crippen LogP contribution in [0.2, 0.25) is 0 Å². The van der Waals surface area contributed by atoms with E-state index in [1.165, 1.54) is 0 Å². The fourth-order valence-corrected chi connectivity index (χ4v) is 2.36. The molecule has 21 heavy (non-hydrogen) atoms. The average molecular weight is 285 g/mol. The van der Waals surface area contributed by atoms with Crippen LogP contribution in [0, 0.1) is 5.92 Å². The van der Waals surface area contributed by atoms with Crippen molar-refractivity contribution >= 4 is 16.8 Å². The van der Waals surface area contributed by atoms with Crippen molar-refractivity contribution < 1.29 is 4.79 Å². The van der Waals surface area contributed by atoms with Crippen LogP contribution in [-0.2, 0) is 11.3 Å². The molecule has 0 aliphatic heterocycles. The van der Waals surface area contributed by atoms with Gasteiger partial charge < -0.3 is 10.6 Å². The van der Waals surface area contributed by atoms with Crippen LogP contribution in [0.1, 0.15) is 26.0 Å². The van der Waals surface area contributed by atoms with E-state index in [1.807, 2.05) is 30.3 Å². The average Bonchev–Trinajstić information content (AvgIpc) is 2.50.